The van der Waals surface area contributed by atoms with Crippen LogP contribution in [0.25, 0.3) is 0 Å². The minimum atomic E-state index is -0.490. The van der Waals surface area contributed by atoms with E-state index in [1.807, 2.05) is 0 Å². The molecule has 1 rings (SSSR count). The second kappa shape index (κ2) is 3.22. The molecule has 0 bridgehead atoms. The molecular weight excluding hydrogens is 154 g/mol. The number of carbonyl (C=O) groups is 1. The van der Waals surface area contributed by atoms with E-state index in [1.54, 1.807) is 19.3 Å². The minimum absolute atomic E-state index is 0. The summed E-state index contributed by atoms with van der Waals surface area (Å²) in [5.74, 6) is -0.490. The van der Waals surface area contributed by atoms with Gasteiger partial charge in [0.05, 0.1) is 0 Å². The average molecular weight is 162 g/mol. The van der Waals surface area contributed by atoms with Crippen molar-refractivity contribution in [3.05, 3.63) is 18.0 Å². The molecule has 0 saturated heterocycles. The zero-order valence-corrected chi connectivity index (χ0v) is 6.26. The summed E-state index contributed by atoms with van der Waals surface area (Å²) < 4.78 is 1.53. The predicted octanol–water partition coefficient (Wildman–Crippen LogP) is -0.0592. The number of amides is 1. The van der Waals surface area contributed by atoms with Gasteiger partial charge in [-0.15, -0.1) is 12.4 Å². The summed E-state index contributed by atoms with van der Waals surface area (Å²) in [6.07, 6.45) is 1.67. The lowest BCUT2D eigenvalue weighted by Crippen LogP contribution is -2.11. The van der Waals surface area contributed by atoms with Gasteiger partial charge in [0.15, 0.2) is 0 Å². The first-order valence-corrected chi connectivity index (χ1v) is 2.49. The molecule has 0 saturated carbocycles. The Hall–Kier alpha value is -1.03. The molecule has 1 heterocycles. The van der Waals surface area contributed by atoms with Crippen molar-refractivity contribution in [3.8, 4) is 0 Å². The van der Waals surface area contributed by atoms with Gasteiger partial charge in [0.1, 0.15) is 5.69 Å². The lowest BCUT2D eigenvalue weighted by atomic mass is 10.4. The van der Waals surface area contributed by atoms with E-state index < -0.39 is 5.91 Å². The first kappa shape index (κ1) is 8.97. The zero-order valence-electron chi connectivity index (χ0n) is 5.44. The van der Waals surface area contributed by atoms with E-state index in [9.17, 15) is 4.79 Å². The quantitative estimate of drug-likeness (QED) is 0.628. The molecule has 0 fully saturated rings. The van der Waals surface area contributed by atoms with E-state index in [1.165, 1.54) is 4.68 Å². The summed E-state index contributed by atoms with van der Waals surface area (Å²) in [6.45, 7) is 0. The standard InChI is InChI=1S/C5H7N3O.ClH/c1-8-3-2-4(7-8)5(6)9;/h2-3H,1H3,(H2,6,9);1H. The Balaban J connectivity index is 0.000000810. The van der Waals surface area contributed by atoms with E-state index in [-0.39, 0.29) is 12.4 Å². The topological polar surface area (TPSA) is 60.9 Å². The van der Waals surface area contributed by atoms with Crippen LogP contribution in [-0.2, 0) is 7.05 Å². The number of hydrogen-bond acceptors (Lipinski definition) is 2. The molecule has 56 valence electrons. The first-order valence-electron chi connectivity index (χ1n) is 2.49. The number of primary amides is 1. The first-order chi connectivity index (χ1) is 4.20. The highest BCUT2D eigenvalue weighted by atomic mass is 35.5. The summed E-state index contributed by atoms with van der Waals surface area (Å²) in [4.78, 5) is 10.4. The van der Waals surface area contributed by atoms with Crippen LogP contribution in [0.3, 0.4) is 0 Å². The Morgan fingerprint density at radius 1 is 1.80 bits per heavy atom. The number of rotatable bonds is 1. The third-order valence-electron chi connectivity index (χ3n) is 0.966. The van der Waals surface area contributed by atoms with E-state index in [4.69, 9.17) is 5.73 Å². The van der Waals surface area contributed by atoms with Gasteiger partial charge in [-0.25, -0.2) is 0 Å². The van der Waals surface area contributed by atoms with Gasteiger partial charge in [0.2, 0.25) is 0 Å². The molecule has 0 unspecified atom stereocenters. The Morgan fingerprint density at radius 2 is 2.40 bits per heavy atom. The molecule has 0 radical (unpaired) electrons. The Kier molecular flexibility index (Phi) is 2.89. The molecule has 5 heteroatoms. The van der Waals surface area contributed by atoms with Gasteiger partial charge in [-0.3, -0.25) is 9.48 Å². The normalized spacial score (nSPS) is 8.50. The van der Waals surface area contributed by atoms with Gasteiger partial charge >= 0.3 is 0 Å². The summed E-state index contributed by atoms with van der Waals surface area (Å²) >= 11 is 0. The molecule has 0 aliphatic carbocycles. The Bertz CT molecular complexity index is 233. The maximum Gasteiger partial charge on any atom is 0.269 e. The molecule has 4 nitrogen and oxygen atoms in total. The Morgan fingerprint density at radius 3 is 2.60 bits per heavy atom. The summed E-state index contributed by atoms with van der Waals surface area (Å²) in [6, 6.07) is 1.57. The number of halogens is 1. The van der Waals surface area contributed by atoms with Gasteiger partial charge in [-0.05, 0) is 6.07 Å². The van der Waals surface area contributed by atoms with Crippen molar-refractivity contribution >= 4 is 18.3 Å². The third-order valence-corrected chi connectivity index (χ3v) is 0.966. The van der Waals surface area contributed by atoms with Crippen LogP contribution in [0.2, 0.25) is 0 Å². The number of hydrogen-bond donors (Lipinski definition) is 1. The third kappa shape index (κ3) is 1.73. The number of carbonyl (C=O) groups excluding carboxylic acids is 1. The molecule has 0 atom stereocenters. The summed E-state index contributed by atoms with van der Waals surface area (Å²) in [7, 11) is 1.73. The largest absolute Gasteiger partial charge is 0.364 e. The molecular formula is C5H8ClN3O. The molecule has 1 amide bonds. The number of nitrogens with zero attached hydrogens (tertiary/aromatic N) is 2. The Labute approximate surface area is 64.4 Å². The van der Waals surface area contributed by atoms with Crippen molar-refractivity contribution in [2.24, 2.45) is 12.8 Å². The van der Waals surface area contributed by atoms with Crippen LogP contribution in [0.1, 0.15) is 10.5 Å². The minimum Gasteiger partial charge on any atom is -0.364 e. The van der Waals surface area contributed by atoms with Crippen LogP contribution < -0.4 is 5.73 Å². The lowest BCUT2D eigenvalue weighted by molar-refractivity contribution is 0.0995. The van der Waals surface area contributed by atoms with Crippen molar-refractivity contribution in [2.75, 3.05) is 0 Å². The highest BCUT2D eigenvalue weighted by Crippen LogP contribution is 1.89. The maximum absolute atomic E-state index is 10.4. The second-order valence-corrected chi connectivity index (χ2v) is 1.74. The smallest absolute Gasteiger partial charge is 0.269 e. The van der Waals surface area contributed by atoms with Crippen molar-refractivity contribution in [1.29, 1.82) is 0 Å². The van der Waals surface area contributed by atoms with Gasteiger partial charge in [-0.1, -0.05) is 0 Å². The molecule has 1 aromatic rings. The van der Waals surface area contributed by atoms with Gasteiger partial charge in [0.25, 0.3) is 5.91 Å². The second-order valence-electron chi connectivity index (χ2n) is 1.74. The molecule has 1 aromatic heterocycles. The number of aromatic nitrogens is 2. The van der Waals surface area contributed by atoms with E-state index in [0.717, 1.165) is 0 Å². The SMILES string of the molecule is Cl.Cn1ccc(C(N)=O)n1. The predicted molar refractivity (Wildman–Crippen MR) is 39.0 cm³/mol. The van der Waals surface area contributed by atoms with Gasteiger partial charge < -0.3 is 5.73 Å². The fourth-order valence-electron chi connectivity index (χ4n) is 0.546. The van der Waals surface area contributed by atoms with Crippen LogP contribution in [0, 0.1) is 0 Å². The molecule has 2 N–H and O–H groups in total. The van der Waals surface area contributed by atoms with E-state index in [0.29, 0.717) is 5.69 Å². The summed E-state index contributed by atoms with van der Waals surface area (Å²) in [5, 5.41) is 3.75. The average Bonchev–Trinajstić information content (AvgIpc) is 2.14. The fourth-order valence-corrected chi connectivity index (χ4v) is 0.546. The summed E-state index contributed by atoms with van der Waals surface area (Å²) in [5.41, 5.74) is 5.22. The zero-order chi connectivity index (χ0) is 6.85. The lowest BCUT2D eigenvalue weighted by Gasteiger charge is -1.83. The fraction of sp³-hybridized carbons (Fsp3) is 0.200. The maximum atomic E-state index is 10.4. The van der Waals surface area contributed by atoms with Gasteiger partial charge in [0, 0.05) is 13.2 Å². The van der Waals surface area contributed by atoms with Crippen LogP contribution in [0.4, 0.5) is 0 Å². The molecule has 0 aromatic carbocycles. The number of nitrogens with two attached hydrogens (primary N) is 1. The van der Waals surface area contributed by atoms with Crippen molar-refractivity contribution in [2.45, 2.75) is 0 Å². The van der Waals surface area contributed by atoms with Crippen LogP contribution in [0.5, 0.6) is 0 Å². The van der Waals surface area contributed by atoms with E-state index >= 15 is 0 Å². The highest BCUT2D eigenvalue weighted by Gasteiger charge is 2.00. The molecule has 0 spiro atoms. The van der Waals surface area contributed by atoms with Crippen molar-refractivity contribution < 1.29 is 4.79 Å². The van der Waals surface area contributed by atoms with Gasteiger partial charge in [-0.2, -0.15) is 5.10 Å². The van der Waals surface area contributed by atoms with Crippen LogP contribution in [0.15, 0.2) is 12.3 Å². The number of aryl methyl sites for hydroxylation is 1. The molecule has 0 aliphatic rings. The van der Waals surface area contributed by atoms with E-state index in [2.05, 4.69) is 5.10 Å². The van der Waals surface area contributed by atoms with Crippen molar-refractivity contribution in [1.82, 2.24) is 9.78 Å². The monoisotopic (exact) mass is 161 g/mol. The van der Waals surface area contributed by atoms with Crippen molar-refractivity contribution in [3.63, 3.8) is 0 Å². The molecule has 10 heavy (non-hydrogen) atoms. The molecule has 0 aliphatic heterocycles. The van der Waals surface area contributed by atoms with Crippen LogP contribution >= 0.6 is 12.4 Å². The highest BCUT2D eigenvalue weighted by molar-refractivity contribution is 5.90. The van der Waals surface area contributed by atoms with Crippen LogP contribution in [-0.4, -0.2) is 15.7 Å².